The van der Waals surface area contributed by atoms with Crippen molar-refractivity contribution >= 4 is 28.8 Å². The maximum absolute atomic E-state index is 12.9. The Labute approximate surface area is 207 Å². The summed E-state index contributed by atoms with van der Waals surface area (Å²) in [7, 11) is 4.44. The first-order valence-corrected chi connectivity index (χ1v) is 11.8. The van der Waals surface area contributed by atoms with Crippen LogP contribution in [0.1, 0.15) is 30.6 Å². The van der Waals surface area contributed by atoms with Gasteiger partial charge in [-0.15, -0.1) is 0 Å². The Morgan fingerprint density at radius 3 is 2.63 bits per heavy atom. The highest BCUT2D eigenvalue weighted by atomic mass is 32.2. The van der Waals surface area contributed by atoms with E-state index in [1.165, 1.54) is 18.9 Å². The zero-order chi connectivity index (χ0) is 24.9. The van der Waals surface area contributed by atoms with E-state index in [9.17, 15) is 9.59 Å². The molecule has 2 aliphatic rings. The van der Waals surface area contributed by atoms with Crippen LogP contribution in [0.25, 0.3) is 0 Å². The third-order valence-electron chi connectivity index (χ3n) is 5.67. The van der Waals surface area contributed by atoms with Gasteiger partial charge >= 0.3 is 5.97 Å². The molecule has 0 fully saturated rings. The number of amidine groups is 1. The highest BCUT2D eigenvalue weighted by Gasteiger charge is 2.42. The molecule has 1 amide bonds. The number of fused-ring (bicyclic) bond motifs is 1. The van der Waals surface area contributed by atoms with Gasteiger partial charge in [0, 0.05) is 17.5 Å². The molecule has 0 bridgehead atoms. The number of nitrogens with zero attached hydrogens (tertiary/aromatic N) is 3. The van der Waals surface area contributed by atoms with Crippen molar-refractivity contribution in [1.29, 1.82) is 0 Å². The van der Waals surface area contributed by atoms with Crippen LogP contribution in [0.15, 0.2) is 70.0 Å². The fourth-order valence-corrected chi connectivity index (χ4v) is 5.05. The Morgan fingerprint density at radius 1 is 1.11 bits per heavy atom. The quantitative estimate of drug-likeness (QED) is 0.556. The number of rotatable bonds is 8. The molecule has 9 nitrogen and oxygen atoms in total. The third-order valence-corrected chi connectivity index (χ3v) is 6.56. The molecule has 2 aromatic rings. The molecule has 0 saturated carbocycles. The summed E-state index contributed by atoms with van der Waals surface area (Å²) >= 11 is 1.40. The topological polar surface area (TPSA) is 102 Å². The summed E-state index contributed by atoms with van der Waals surface area (Å²) in [5.74, 6) is 0.342. The number of benzene rings is 1. The Morgan fingerprint density at radius 2 is 1.94 bits per heavy atom. The van der Waals surface area contributed by atoms with Crippen molar-refractivity contribution in [2.24, 2.45) is 4.99 Å². The van der Waals surface area contributed by atoms with Crippen LogP contribution in [0.3, 0.4) is 0 Å². The van der Waals surface area contributed by atoms with E-state index in [0.29, 0.717) is 45.7 Å². The van der Waals surface area contributed by atoms with Crippen molar-refractivity contribution in [1.82, 2.24) is 15.2 Å². The number of nitrogens with one attached hydrogen (secondary N) is 1. The van der Waals surface area contributed by atoms with Gasteiger partial charge in [0.25, 0.3) is 0 Å². The molecule has 182 valence electrons. The first kappa shape index (κ1) is 24.3. The van der Waals surface area contributed by atoms with E-state index in [1.54, 1.807) is 33.4 Å². The highest BCUT2D eigenvalue weighted by molar-refractivity contribution is 8.16. The van der Waals surface area contributed by atoms with Crippen LogP contribution in [0.2, 0.25) is 0 Å². The van der Waals surface area contributed by atoms with Crippen LogP contribution in [0.5, 0.6) is 11.5 Å². The van der Waals surface area contributed by atoms with Gasteiger partial charge in [-0.3, -0.25) is 9.78 Å². The van der Waals surface area contributed by atoms with E-state index in [0.717, 1.165) is 5.69 Å². The summed E-state index contributed by atoms with van der Waals surface area (Å²) in [6, 6.07) is 10.4. The standard InChI is InChI=1S/C25H26N4O5S/c1-15-21(24(31)34-4)22(18-9-7-10-19(32-2)23(18)33-3)29-17(14-35-25(29)28-15)12-20(30)27-13-16-8-5-6-11-26-16/h5-11,14,22H,12-13H2,1-4H3,(H,27,30)/t22-/m1/s1. The number of amides is 1. The summed E-state index contributed by atoms with van der Waals surface area (Å²) < 4.78 is 16.3. The zero-order valence-corrected chi connectivity index (χ0v) is 20.7. The molecule has 1 aromatic carbocycles. The zero-order valence-electron chi connectivity index (χ0n) is 19.9. The lowest BCUT2D eigenvalue weighted by molar-refractivity contribution is -0.136. The molecule has 3 heterocycles. The second kappa shape index (κ2) is 10.6. The number of ether oxygens (including phenoxy) is 3. The van der Waals surface area contributed by atoms with Gasteiger partial charge in [-0.2, -0.15) is 0 Å². The average Bonchev–Trinajstić information content (AvgIpc) is 3.27. The molecule has 0 unspecified atom stereocenters. The molecule has 0 saturated heterocycles. The van der Waals surface area contributed by atoms with E-state index in [2.05, 4.69) is 15.3 Å². The molecular weight excluding hydrogens is 468 g/mol. The molecule has 1 N–H and O–H groups in total. The number of carbonyl (C=O) groups excluding carboxylic acids is 2. The van der Waals surface area contributed by atoms with Crippen molar-refractivity contribution in [3.63, 3.8) is 0 Å². The molecule has 2 aliphatic heterocycles. The minimum atomic E-state index is -0.621. The predicted molar refractivity (Wildman–Crippen MR) is 133 cm³/mol. The van der Waals surface area contributed by atoms with Gasteiger partial charge in [0.15, 0.2) is 16.7 Å². The number of allylic oxidation sites excluding steroid dienone is 1. The molecule has 10 heteroatoms. The van der Waals surface area contributed by atoms with Gasteiger partial charge in [-0.25, -0.2) is 9.79 Å². The second-order valence-corrected chi connectivity index (χ2v) is 8.58. The predicted octanol–water partition coefficient (Wildman–Crippen LogP) is 3.55. The van der Waals surface area contributed by atoms with Gasteiger partial charge in [-0.1, -0.05) is 30.0 Å². The number of hydrogen-bond acceptors (Lipinski definition) is 9. The number of hydrogen-bond donors (Lipinski definition) is 1. The number of esters is 1. The Kier molecular flexibility index (Phi) is 7.40. The largest absolute Gasteiger partial charge is 0.493 e. The number of aliphatic imine (C=N–C) groups is 1. The summed E-state index contributed by atoms with van der Waals surface area (Å²) in [5.41, 5.74) is 3.07. The lowest BCUT2D eigenvalue weighted by atomic mass is 9.92. The Bertz CT molecular complexity index is 1230. The molecular formula is C25H26N4O5S. The first-order valence-electron chi connectivity index (χ1n) is 10.9. The van der Waals surface area contributed by atoms with Gasteiger partial charge in [-0.05, 0) is 30.5 Å². The summed E-state index contributed by atoms with van der Waals surface area (Å²) in [5, 5.41) is 5.45. The number of pyridine rings is 1. The number of thioether (sulfide) groups is 1. The van der Waals surface area contributed by atoms with E-state index in [-0.39, 0.29) is 12.3 Å². The smallest absolute Gasteiger partial charge is 0.338 e. The van der Waals surface area contributed by atoms with Crippen molar-refractivity contribution < 1.29 is 23.8 Å². The van der Waals surface area contributed by atoms with E-state index >= 15 is 0 Å². The van der Waals surface area contributed by atoms with Gasteiger partial charge in [0.05, 0.1) is 57.3 Å². The van der Waals surface area contributed by atoms with Crippen molar-refractivity contribution in [2.75, 3.05) is 21.3 Å². The minimum Gasteiger partial charge on any atom is -0.493 e. The SMILES string of the molecule is COC(=O)C1=C(C)N=C2SC=C(CC(=O)NCc3ccccn3)N2[C@@H]1c1cccc(OC)c1OC. The third kappa shape index (κ3) is 4.88. The number of para-hydroxylation sites is 1. The van der Waals surface area contributed by atoms with Crippen LogP contribution in [0.4, 0.5) is 0 Å². The van der Waals surface area contributed by atoms with Crippen LogP contribution in [0, 0.1) is 0 Å². The molecule has 0 radical (unpaired) electrons. The molecule has 1 aromatic heterocycles. The Hall–Kier alpha value is -3.79. The van der Waals surface area contributed by atoms with Crippen LogP contribution in [-0.4, -0.2) is 48.3 Å². The van der Waals surface area contributed by atoms with Gasteiger partial charge in [0.1, 0.15) is 0 Å². The molecule has 0 spiro atoms. The van der Waals surface area contributed by atoms with E-state index < -0.39 is 12.0 Å². The highest BCUT2D eigenvalue weighted by Crippen LogP contribution is 2.48. The number of aromatic nitrogens is 1. The summed E-state index contributed by atoms with van der Waals surface area (Å²) in [4.78, 5) is 36.5. The molecule has 4 rings (SSSR count). The second-order valence-electron chi connectivity index (χ2n) is 7.74. The van der Waals surface area contributed by atoms with Gasteiger partial charge < -0.3 is 24.4 Å². The van der Waals surface area contributed by atoms with E-state index in [1.807, 2.05) is 40.6 Å². The van der Waals surface area contributed by atoms with Crippen LogP contribution < -0.4 is 14.8 Å². The van der Waals surface area contributed by atoms with E-state index in [4.69, 9.17) is 14.2 Å². The maximum atomic E-state index is 12.9. The first-order chi connectivity index (χ1) is 17.0. The molecule has 0 aliphatic carbocycles. The molecule has 35 heavy (non-hydrogen) atoms. The lowest BCUT2D eigenvalue weighted by Gasteiger charge is -2.36. The van der Waals surface area contributed by atoms with Crippen molar-refractivity contribution in [2.45, 2.75) is 25.9 Å². The fourth-order valence-electron chi connectivity index (χ4n) is 4.08. The lowest BCUT2D eigenvalue weighted by Crippen LogP contribution is -2.38. The van der Waals surface area contributed by atoms with Crippen LogP contribution in [-0.2, 0) is 20.9 Å². The summed E-state index contributed by atoms with van der Waals surface area (Å²) in [6.07, 6.45) is 1.78. The average molecular weight is 495 g/mol. The Balaban J connectivity index is 1.68. The van der Waals surface area contributed by atoms with Crippen molar-refractivity contribution in [3.05, 3.63) is 76.2 Å². The van der Waals surface area contributed by atoms with Crippen LogP contribution >= 0.6 is 11.8 Å². The monoisotopic (exact) mass is 494 g/mol. The normalized spacial score (nSPS) is 16.8. The fraction of sp³-hybridized carbons (Fsp3) is 0.280. The summed E-state index contributed by atoms with van der Waals surface area (Å²) in [6.45, 7) is 2.09. The maximum Gasteiger partial charge on any atom is 0.338 e. The van der Waals surface area contributed by atoms with Crippen molar-refractivity contribution in [3.8, 4) is 11.5 Å². The number of carbonyl (C=O) groups is 2. The number of methoxy groups -OCH3 is 3. The molecule has 1 atom stereocenters. The van der Waals surface area contributed by atoms with Gasteiger partial charge in [0.2, 0.25) is 5.91 Å². The minimum absolute atomic E-state index is 0.0924.